The molecule has 1 aliphatic carbocycles. The first kappa shape index (κ1) is 38.0. The van der Waals surface area contributed by atoms with E-state index in [1.807, 2.05) is 52.9 Å². The molecule has 0 spiro atoms. The van der Waals surface area contributed by atoms with E-state index in [4.69, 9.17) is 4.42 Å². The van der Waals surface area contributed by atoms with E-state index in [1.165, 1.54) is 36.7 Å². The van der Waals surface area contributed by atoms with Gasteiger partial charge in [0.15, 0.2) is 0 Å². The van der Waals surface area contributed by atoms with Gasteiger partial charge in [0.05, 0.1) is 11.6 Å². The van der Waals surface area contributed by atoms with Crippen LogP contribution in [0.25, 0.3) is 11.5 Å². The average Bonchev–Trinajstić information content (AvgIpc) is 3.61. The third-order valence-corrected chi connectivity index (χ3v) is 5.92. The van der Waals surface area contributed by atoms with E-state index in [0.717, 1.165) is 12.8 Å². The Morgan fingerprint density at radius 2 is 1.56 bits per heavy atom. The Morgan fingerprint density at radius 1 is 1.00 bits per heavy atom. The zero-order chi connectivity index (χ0) is 30.3. The minimum atomic E-state index is -4.77. The Balaban J connectivity index is 0.00000215. The summed E-state index contributed by atoms with van der Waals surface area (Å²) in [5, 5.41) is 10.5. The van der Waals surface area contributed by atoms with Gasteiger partial charge in [-0.05, 0) is 37.6 Å². The molecular weight excluding hydrogens is 567 g/mol. The second-order valence-corrected chi connectivity index (χ2v) is 8.97. The molecule has 0 bridgehead atoms. The van der Waals surface area contributed by atoms with Crippen molar-refractivity contribution in [1.29, 1.82) is 0 Å². The van der Waals surface area contributed by atoms with Gasteiger partial charge in [-0.3, -0.25) is 4.31 Å². The highest BCUT2D eigenvalue weighted by Crippen LogP contribution is 2.36. The zero-order valence-corrected chi connectivity index (χ0v) is 24.5. The fourth-order valence-corrected chi connectivity index (χ4v) is 4.06. The predicted octanol–water partition coefficient (Wildman–Crippen LogP) is 8.97. The van der Waals surface area contributed by atoms with Crippen molar-refractivity contribution >= 4 is 17.9 Å². The van der Waals surface area contributed by atoms with Crippen molar-refractivity contribution in [3.8, 4) is 17.2 Å². The monoisotopic (exact) mass is 608 g/mol. The largest absolute Gasteiger partial charge is 0.573 e. The maximum atomic E-state index is 12.7. The molecule has 4 rings (SSSR count). The molecule has 1 aliphatic rings. The first-order valence-corrected chi connectivity index (χ1v) is 13.9. The molecular formula is C27H41F5N6O2S. The molecule has 3 aromatic rings. The molecule has 8 nitrogen and oxygen atoms in total. The Morgan fingerprint density at radius 3 is 2.02 bits per heavy atom. The maximum Gasteiger partial charge on any atom is 0.573 e. The normalized spacial score (nSPS) is 12.9. The quantitative estimate of drug-likeness (QED) is 0.179. The molecule has 1 fully saturated rings. The molecule has 1 N–H and O–H groups in total. The number of benzene rings is 1. The molecule has 41 heavy (non-hydrogen) atoms. The van der Waals surface area contributed by atoms with Gasteiger partial charge in [0.1, 0.15) is 5.75 Å². The predicted molar refractivity (Wildman–Crippen MR) is 154 cm³/mol. The van der Waals surface area contributed by atoms with E-state index in [1.54, 1.807) is 11.9 Å². The number of halogens is 5. The topological polar surface area (TPSA) is 89.2 Å². The zero-order valence-electron chi connectivity index (χ0n) is 23.7. The van der Waals surface area contributed by atoms with Crippen LogP contribution in [0.1, 0.15) is 85.7 Å². The molecule has 0 saturated heterocycles. The van der Waals surface area contributed by atoms with E-state index < -0.39 is 18.7 Å². The molecule has 1 unspecified atom stereocenters. The van der Waals surface area contributed by atoms with E-state index >= 15 is 0 Å². The lowest BCUT2D eigenvalue weighted by Crippen LogP contribution is -2.25. The Hall–Kier alpha value is -3.00. The van der Waals surface area contributed by atoms with Crippen LogP contribution >= 0.6 is 11.9 Å². The van der Waals surface area contributed by atoms with Crippen molar-refractivity contribution in [1.82, 2.24) is 24.5 Å². The number of aromatic nitrogens is 4. The summed E-state index contributed by atoms with van der Waals surface area (Å²) in [6.07, 6.45) is -2.68. The summed E-state index contributed by atoms with van der Waals surface area (Å²) in [5.74, 6) is -1.03. The molecule has 0 amide bonds. The number of rotatable bonds is 10. The van der Waals surface area contributed by atoms with Gasteiger partial charge in [0, 0.05) is 24.2 Å². The van der Waals surface area contributed by atoms with Gasteiger partial charge in [-0.15, -0.1) is 23.4 Å². The second kappa shape index (κ2) is 19.2. The number of ether oxygens (including phenoxy) is 1. The number of alkyl halides is 5. The summed E-state index contributed by atoms with van der Waals surface area (Å²) >= 11 is 1.70. The Labute approximate surface area is 243 Å². The summed E-state index contributed by atoms with van der Waals surface area (Å²) < 4.78 is 73.6. The molecule has 2 heterocycles. The van der Waals surface area contributed by atoms with Gasteiger partial charge in [-0.25, -0.2) is 9.97 Å². The van der Waals surface area contributed by atoms with Crippen molar-refractivity contribution in [3.63, 3.8) is 0 Å². The van der Waals surface area contributed by atoms with Crippen LogP contribution in [0.4, 0.5) is 27.9 Å². The van der Waals surface area contributed by atoms with E-state index in [-0.39, 0.29) is 36.6 Å². The molecule has 232 valence electrons. The highest BCUT2D eigenvalue weighted by atomic mass is 32.2. The molecule has 1 atom stereocenters. The lowest BCUT2D eigenvalue weighted by atomic mass is 10.1. The van der Waals surface area contributed by atoms with Crippen LogP contribution < -0.4 is 10.1 Å². The van der Waals surface area contributed by atoms with E-state index in [2.05, 4.69) is 30.2 Å². The lowest BCUT2D eigenvalue weighted by Gasteiger charge is -2.25. The Kier molecular flexibility index (Phi) is 17.8. The van der Waals surface area contributed by atoms with Gasteiger partial charge < -0.3 is 14.5 Å². The van der Waals surface area contributed by atoms with Crippen LogP contribution in [-0.4, -0.2) is 49.7 Å². The summed E-state index contributed by atoms with van der Waals surface area (Å²) in [6, 6.07) is 5.19. The van der Waals surface area contributed by atoms with Crippen molar-refractivity contribution in [2.75, 3.05) is 18.9 Å². The smallest absolute Gasteiger partial charge is 0.415 e. The Bertz CT molecular complexity index is 1080. The molecule has 2 aromatic heterocycles. The molecule has 14 heteroatoms. The van der Waals surface area contributed by atoms with E-state index in [9.17, 15) is 22.0 Å². The first-order chi connectivity index (χ1) is 19.2. The summed E-state index contributed by atoms with van der Waals surface area (Å²) in [4.78, 5) is 8.37. The maximum absolute atomic E-state index is 12.7. The number of hydrogen-bond acceptors (Lipinski definition) is 9. The van der Waals surface area contributed by atoms with Crippen LogP contribution in [0, 0.1) is 0 Å². The number of likely N-dealkylation sites (N-methyl/N-ethyl adjacent to an activating group) is 1. The third kappa shape index (κ3) is 13.5. The standard InChI is InChI=1S/C20H19F5N6O2S.3C2H6.CH4/c1-31(34-14-6-7-14)10-15(11-2-4-13(5-3-11)33-20(23,24)25)28-19-26-8-12(9-27-19)17-29-30-18(32-17)16(21)22;3*1-2;/h2-5,8-9,14-16H,6-7,10H2,1H3,(H,26,27,28);3*1-2H3;1H4. The van der Waals surface area contributed by atoms with Crippen molar-refractivity contribution in [2.24, 2.45) is 0 Å². The van der Waals surface area contributed by atoms with Crippen LogP contribution in [0.15, 0.2) is 41.1 Å². The summed E-state index contributed by atoms with van der Waals surface area (Å²) in [7, 11) is 1.93. The molecule has 0 radical (unpaired) electrons. The van der Waals surface area contributed by atoms with E-state index in [0.29, 0.717) is 17.4 Å². The van der Waals surface area contributed by atoms with Crippen LogP contribution in [0.3, 0.4) is 0 Å². The van der Waals surface area contributed by atoms with Gasteiger partial charge in [-0.1, -0.05) is 73.0 Å². The van der Waals surface area contributed by atoms with Crippen LogP contribution in [-0.2, 0) is 0 Å². The molecule has 0 aliphatic heterocycles. The lowest BCUT2D eigenvalue weighted by molar-refractivity contribution is -0.274. The van der Waals surface area contributed by atoms with Gasteiger partial charge >= 0.3 is 12.8 Å². The molecule has 1 saturated carbocycles. The highest BCUT2D eigenvalue weighted by molar-refractivity contribution is 7.97. The minimum Gasteiger partial charge on any atom is -0.415 e. The van der Waals surface area contributed by atoms with Crippen molar-refractivity contribution in [2.45, 2.75) is 85.9 Å². The minimum absolute atomic E-state index is 0. The fraction of sp³-hybridized carbons (Fsp3) is 0.556. The van der Waals surface area contributed by atoms with Crippen LogP contribution in [0.5, 0.6) is 5.75 Å². The fourth-order valence-electron chi connectivity index (χ4n) is 2.97. The number of nitrogens with one attached hydrogen (secondary N) is 1. The molecule has 1 aromatic carbocycles. The third-order valence-electron chi connectivity index (χ3n) is 4.64. The summed E-state index contributed by atoms with van der Waals surface area (Å²) in [5.41, 5.74) is 0.959. The number of nitrogens with zero attached hydrogens (tertiary/aromatic N) is 5. The first-order valence-electron chi connectivity index (χ1n) is 13.1. The number of anilines is 1. The number of hydrogen-bond donors (Lipinski definition) is 1. The SMILES string of the molecule is C.CC.CC.CC.CN(CC(Nc1ncc(-c2nnc(C(F)F)o2)cn1)c1ccc(OC(F)(F)F)cc1)SC1CC1. The van der Waals surface area contributed by atoms with Gasteiger partial charge in [0.2, 0.25) is 5.95 Å². The highest BCUT2D eigenvalue weighted by Gasteiger charge is 2.31. The summed E-state index contributed by atoms with van der Waals surface area (Å²) in [6.45, 7) is 12.5. The second-order valence-electron chi connectivity index (χ2n) is 7.47. The van der Waals surface area contributed by atoms with Crippen LogP contribution in [0.2, 0.25) is 0 Å². The van der Waals surface area contributed by atoms with Gasteiger partial charge in [-0.2, -0.15) is 8.78 Å². The van der Waals surface area contributed by atoms with Crippen molar-refractivity contribution in [3.05, 3.63) is 48.1 Å². The van der Waals surface area contributed by atoms with Crippen molar-refractivity contribution < 1.29 is 31.1 Å². The average molecular weight is 609 g/mol. The van der Waals surface area contributed by atoms with Gasteiger partial charge in [0.25, 0.3) is 11.8 Å².